The molecule has 0 spiro atoms. The number of imidazole rings is 1. The van der Waals surface area contributed by atoms with Crippen molar-refractivity contribution in [3.8, 4) is 0 Å². The van der Waals surface area contributed by atoms with Crippen LogP contribution in [-0.4, -0.2) is 77.3 Å². The van der Waals surface area contributed by atoms with E-state index in [9.17, 15) is 9.59 Å². The first-order chi connectivity index (χ1) is 16.1. The standard InChI is InChI=1S/C24H38Cl2N6O2/c1-16(2)14-20(24(34)30(3)4)29-23(33)18(27)7-9-22-28-19-15-17(6-8-21(19)31(22)5)32(12-10-25)13-11-26/h6,8,15-16,18,20H,7,9-14,27H2,1-5H3,(H,29,33)/t18-,20-/m0/s1. The van der Waals surface area contributed by atoms with Gasteiger partial charge >= 0.3 is 0 Å². The summed E-state index contributed by atoms with van der Waals surface area (Å²) in [6, 6.07) is 4.80. The molecule has 0 saturated carbocycles. The summed E-state index contributed by atoms with van der Waals surface area (Å²) in [4.78, 5) is 33.6. The van der Waals surface area contributed by atoms with Gasteiger partial charge in [0.15, 0.2) is 0 Å². The molecule has 0 aliphatic heterocycles. The summed E-state index contributed by atoms with van der Waals surface area (Å²) in [6.45, 7) is 5.45. The predicted octanol–water partition coefficient (Wildman–Crippen LogP) is 2.74. The van der Waals surface area contributed by atoms with Crippen LogP contribution in [0, 0.1) is 5.92 Å². The molecule has 3 N–H and O–H groups in total. The molecule has 2 aromatic rings. The molecule has 1 aromatic carbocycles. The number of aryl methyl sites for hydroxylation is 2. The summed E-state index contributed by atoms with van der Waals surface area (Å²) in [5.74, 6) is 1.69. The Morgan fingerprint density at radius 3 is 2.38 bits per heavy atom. The monoisotopic (exact) mass is 512 g/mol. The number of nitrogens with zero attached hydrogens (tertiary/aromatic N) is 4. The number of anilines is 1. The van der Waals surface area contributed by atoms with Crippen LogP contribution in [0.2, 0.25) is 0 Å². The lowest BCUT2D eigenvalue weighted by atomic mass is 10.0. The summed E-state index contributed by atoms with van der Waals surface area (Å²) in [5.41, 5.74) is 9.09. The Balaban J connectivity index is 2.09. The molecule has 1 aromatic heterocycles. The largest absolute Gasteiger partial charge is 0.369 e. The van der Waals surface area contributed by atoms with Gasteiger partial charge in [0.2, 0.25) is 11.8 Å². The Kier molecular flexibility index (Phi) is 10.9. The third kappa shape index (κ3) is 7.48. The Morgan fingerprint density at radius 1 is 1.18 bits per heavy atom. The van der Waals surface area contributed by atoms with E-state index in [0.717, 1.165) is 22.5 Å². The number of aromatic nitrogens is 2. The lowest BCUT2D eigenvalue weighted by Gasteiger charge is -2.24. The summed E-state index contributed by atoms with van der Waals surface area (Å²) in [5, 5.41) is 2.84. The van der Waals surface area contributed by atoms with Crippen molar-refractivity contribution in [2.45, 2.75) is 45.2 Å². The summed E-state index contributed by atoms with van der Waals surface area (Å²) < 4.78 is 2.02. The number of alkyl halides is 2. The van der Waals surface area contributed by atoms with E-state index in [1.807, 2.05) is 43.7 Å². The van der Waals surface area contributed by atoms with Crippen molar-refractivity contribution in [1.82, 2.24) is 19.8 Å². The minimum absolute atomic E-state index is 0.127. The second kappa shape index (κ2) is 13.2. The number of fused-ring (bicyclic) bond motifs is 1. The Morgan fingerprint density at radius 2 is 1.82 bits per heavy atom. The van der Waals surface area contributed by atoms with E-state index in [1.165, 1.54) is 4.90 Å². The Bertz CT molecular complexity index is 956. The minimum atomic E-state index is -0.733. The molecule has 0 unspecified atom stereocenters. The minimum Gasteiger partial charge on any atom is -0.369 e. The molecule has 190 valence electrons. The fourth-order valence-corrected chi connectivity index (χ4v) is 4.34. The first-order valence-corrected chi connectivity index (χ1v) is 12.7. The number of nitrogens with one attached hydrogen (secondary N) is 1. The maximum absolute atomic E-state index is 12.7. The molecule has 34 heavy (non-hydrogen) atoms. The zero-order chi connectivity index (χ0) is 25.4. The molecule has 0 aliphatic rings. The third-order valence-corrected chi connectivity index (χ3v) is 6.15. The van der Waals surface area contributed by atoms with E-state index in [0.29, 0.717) is 44.1 Å². The highest BCUT2D eigenvalue weighted by molar-refractivity contribution is 6.18. The van der Waals surface area contributed by atoms with Gasteiger partial charge in [-0.15, -0.1) is 23.2 Å². The number of nitrogens with two attached hydrogens (primary N) is 1. The maximum atomic E-state index is 12.7. The SMILES string of the molecule is CC(C)C[C@H](NC(=O)[C@@H](N)CCc1nc2cc(N(CCCl)CCCl)ccc2n1C)C(=O)N(C)C. The van der Waals surface area contributed by atoms with Gasteiger partial charge in [-0.05, 0) is 37.0 Å². The van der Waals surface area contributed by atoms with Crippen molar-refractivity contribution in [3.05, 3.63) is 24.0 Å². The number of carbonyl (C=O) groups excluding carboxylic acids is 2. The van der Waals surface area contributed by atoms with Crippen molar-refractivity contribution < 1.29 is 9.59 Å². The maximum Gasteiger partial charge on any atom is 0.244 e. The van der Waals surface area contributed by atoms with Gasteiger partial charge in [0.25, 0.3) is 0 Å². The van der Waals surface area contributed by atoms with E-state index in [2.05, 4.69) is 10.2 Å². The van der Waals surface area contributed by atoms with Crippen LogP contribution in [0.4, 0.5) is 5.69 Å². The number of hydrogen-bond donors (Lipinski definition) is 2. The third-order valence-electron chi connectivity index (χ3n) is 5.81. The van der Waals surface area contributed by atoms with Crippen molar-refractivity contribution in [1.29, 1.82) is 0 Å². The van der Waals surface area contributed by atoms with Gasteiger partial charge in [0, 0.05) is 58.1 Å². The average Bonchev–Trinajstić information content (AvgIpc) is 3.10. The summed E-state index contributed by atoms with van der Waals surface area (Å²) >= 11 is 11.9. The van der Waals surface area contributed by atoms with E-state index >= 15 is 0 Å². The van der Waals surface area contributed by atoms with Gasteiger partial charge < -0.3 is 25.4 Å². The number of halogens is 2. The van der Waals surface area contributed by atoms with Gasteiger partial charge in [-0.3, -0.25) is 9.59 Å². The topological polar surface area (TPSA) is 96.5 Å². The van der Waals surface area contributed by atoms with E-state index in [1.54, 1.807) is 14.1 Å². The van der Waals surface area contributed by atoms with E-state index in [-0.39, 0.29) is 17.7 Å². The van der Waals surface area contributed by atoms with Crippen LogP contribution in [0.5, 0.6) is 0 Å². The first-order valence-electron chi connectivity index (χ1n) is 11.7. The normalized spacial score (nSPS) is 13.2. The zero-order valence-electron chi connectivity index (χ0n) is 20.9. The number of carbonyl (C=O) groups is 2. The molecule has 2 atom stereocenters. The van der Waals surface area contributed by atoms with Crippen LogP contribution >= 0.6 is 23.2 Å². The first kappa shape index (κ1) is 28.2. The van der Waals surface area contributed by atoms with Crippen LogP contribution in [-0.2, 0) is 23.1 Å². The van der Waals surface area contributed by atoms with E-state index in [4.69, 9.17) is 33.9 Å². The van der Waals surface area contributed by atoms with Crippen LogP contribution in [0.25, 0.3) is 11.0 Å². The fourth-order valence-electron chi connectivity index (χ4n) is 3.93. The number of amides is 2. The quantitative estimate of drug-likeness (QED) is 0.402. The molecule has 0 fully saturated rings. The van der Waals surface area contributed by atoms with Crippen LogP contribution < -0.4 is 16.0 Å². The van der Waals surface area contributed by atoms with Crippen molar-refractivity contribution >= 4 is 51.7 Å². The van der Waals surface area contributed by atoms with Crippen molar-refractivity contribution in [3.63, 3.8) is 0 Å². The van der Waals surface area contributed by atoms with E-state index < -0.39 is 12.1 Å². The highest BCUT2D eigenvalue weighted by atomic mass is 35.5. The van der Waals surface area contributed by atoms with Crippen molar-refractivity contribution in [2.24, 2.45) is 18.7 Å². The lowest BCUT2D eigenvalue weighted by molar-refractivity contribution is -0.135. The number of hydrogen-bond acceptors (Lipinski definition) is 5. The second-order valence-electron chi connectivity index (χ2n) is 9.19. The van der Waals surface area contributed by atoms with Crippen LogP contribution in [0.3, 0.4) is 0 Å². The molecule has 2 rings (SSSR count). The lowest BCUT2D eigenvalue weighted by Crippen LogP contribution is -2.51. The van der Waals surface area contributed by atoms with Gasteiger partial charge in [0.1, 0.15) is 11.9 Å². The summed E-state index contributed by atoms with van der Waals surface area (Å²) in [6.07, 6.45) is 1.52. The molecule has 0 saturated heterocycles. The summed E-state index contributed by atoms with van der Waals surface area (Å²) in [7, 11) is 5.33. The molecule has 0 aliphatic carbocycles. The predicted molar refractivity (Wildman–Crippen MR) is 141 cm³/mol. The van der Waals surface area contributed by atoms with Gasteiger partial charge in [-0.25, -0.2) is 4.98 Å². The van der Waals surface area contributed by atoms with Gasteiger partial charge in [-0.1, -0.05) is 13.8 Å². The zero-order valence-corrected chi connectivity index (χ0v) is 22.4. The Labute approximate surface area is 212 Å². The molecule has 0 bridgehead atoms. The fraction of sp³-hybridized carbons (Fsp3) is 0.625. The molecular formula is C24H38Cl2N6O2. The van der Waals surface area contributed by atoms with Gasteiger partial charge in [-0.2, -0.15) is 0 Å². The molecule has 2 amide bonds. The number of benzene rings is 1. The van der Waals surface area contributed by atoms with Crippen LogP contribution in [0.15, 0.2) is 18.2 Å². The highest BCUT2D eigenvalue weighted by Gasteiger charge is 2.26. The average molecular weight is 514 g/mol. The second-order valence-corrected chi connectivity index (χ2v) is 9.95. The number of rotatable bonds is 13. The number of likely N-dealkylation sites (N-methyl/N-ethyl adjacent to an activating group) is 1. The van der Waals surface area contributed by atoms with Crippen molar-refractivity contribution in [2.75, 3.05) is 43.8 Å². The Hall–Kier alpha value is -2.03. The van der Waals surface area contributed by atoms with Gasteiger partial charge in [0.05, 0.1) is 17.1 Å². The molecular weight excluding hydrogens is 475 g/mol. The molecule has 8 nitrogen and oxygen atoms in total. The highest BCUT2D eigenvalue weighted by Crippen LogP contribution is 2.23. The molecule has 0 radical (unpaired) electrons. The molecule has 1 heterocycles. The smallest absolute Gasteiger partial charge is 0.244 e. The van der Waals surface area contributed by atoms with Crippen LogP contribution in [0.1, 0.15) is 32.5 Å². The molecule has 10 heteroatoms.